The van der Waals surface area contributed by atoms with Gasteiger partial charge in [-0.05, 0) is 51.3 Å². The maximum atomic E-state index is 13.0. The minimum atomic E-state index is -0.753. The number of nitrogens with two attached hydrogens (primary N) is 1. The summed E-state index contributed by atoms with van der Waals surface area (Å²) in [4.78, 5) is 42.3. The molecule has 1 aliphatic rings. The summed E-state index contributed by atoms with van der Waals surface area (Å²) in [5, 5.41) is 5.76. The molecule has 4 N–H and O–H groups in total. The van der Waals surface area contributed by atoms with Gasteiger partial charge in [-0.25, -0.2) is 4.98 Å². The topological polar surface area (TPSA) is 128 Å². The summed E-state index contributed by atoms with van der Waals surface area (Å²) in [6.07, 6.45) is 6.85. The molecule has 0 aliphatic heterocycles. The van der Waals surface area contributed by atoms with E-state index in [4.69, 9.17) is 10.5 Å². The first-order valence-corrected chi connectivity index (χ1v) is 10.3. The molecule has 3 rings (SSSR count). The van der Waals surface area contributed by atoms with Gasteiger partial charge in [0, 0.05) is 18.4 Å². The second-order valence-electron chi connectivity index (χ2n) is 7.67. The Morgan fingerprint density at radius 1 is 1.37 bits per heavy atom. The lowest BCUT2D eigenvalue weighted by Crippen LogP contribution is -2.51. The van der Waals surface area contributed by atoms with Crippen LogP contribution in [0, 0.1) is 12.8 Å². The number of nitrogens with zero attached hydrogens (tertiary/aromatic N) is 2. The van der Waals surface area contributed by atoms with Crippen LogP contribution in [0.4, 0.5) is 0 Å². The first kappa shape index (κ1) is 21.8. The smallest absolute Gasteiger partial charge is 0.310 e. The van der Waals surface area contributed by atoms with Crippen molar-refractivity contribution in [1.29, 1.82) is 0 Å². The van der Waals surface area contributed by atoms with Crippen LogP contribution in [-0.4, -0.2) is 52.9 Å². The first-order chi connectivity index (χ1) is 14.4. The number of methoxy groups -OCH3 is 1. The number of carbonyl (C=O) groups is 3. The minimum absolute atomic E-state index is 0.291. The molecule has 2 aromatic heterocycles. The van der Waals surface area contributed by atoms with Crippen molar-refractivity contribution in [2.45, 2.75) is 51.1 Å². The highest BCUT2D eigenvalue weighted by Gasteiger charge is 2.36. The molecule has 3 unspecified atom stereocenters. The molecule has 2 heterocycles. The number of aryl methyl sites for hydroxylation is 1. The highest BCUT2D eigenvalue weighted by atomic mass is 16.5. The summed E-state index contributed by atoms with van der Waals surface area (Å²) in [5.74, 6) is -1.36. The van der Waals surface area contributed by atoms with Crippen molar-refractivity contribution in [2.24, 2.45) is 11.7 Å². The van der Waals surface area contributed by atoms with Crippen molar-refractivity contribution in [3.63, 3.8) is 0 Å². The fraction of sp³-hybridized carbons (Fsp3) is 0.524. The number of nitrogens with one attached hydrogen (secondary N) is 2. The van der Waals surface area contributed by atoms with Crippen LogP contribution in [0.1, 0.15) is 48.2 Å². The fourth-order valence-electron chi connectivity index (χ4n) is 3.99. The zero-order valence-corrected chi connectivity index (χ0v) is 17.4. The number of pyridine rings is 1. The second kappa shape index (κ2) is 9.71. The molecule has 0 saturated heterocycles. The molecule has 9 heteroatoms. The number of rotatable bonds is 8. The molecule has 30 heavy (non-hydrogen) atoms. The lowest BCUT2D eigenvalue weighted by molar-refractivity contribution is -0.146. The quantitative estimate of drug-likeness (QED) is 0.551. The van der Waals surface area contributed by atoms with E-state index in [1.165, 1.54) is 7.11 Å². The van der Waals surface area contributed by atoms with E-state index in [1.807, 2.05) is 19.3 Å². The number of fused-ring (bicyclic) bond motifs is 1. The van der Waals surface area contributed by atoms with Crippen LogP contribution in [0.15, 0.2) is 24.5 Å². The number of esters is 1. The van der Waals surface area contributed by atoms with Crippen molar-refractivity contribution in [2.75, 3.05) is 13.7 Å². The second-order valence-corrected chi connectivity index (χ2v) is 7.67. The molecule has 1 aliphatic carbocycles. The van der Waals surface area contributed by atoms with Crippen molar-refractivity contribution in [3.05, 3.63) is 35.8 Å². The van der Waals surface area contributed by atoms with E-state index in [1.54, 1.807) is 16.5 Å². The van der Waals surface area contributed by atoms with Crippen LogP contribution in [-0.2, 0) is 14.3 Å². The Bertz CT molecular complexity index is 925. The number of ether oxygens (including phenoxy) is 1. The summed E-state index contributed by atoms with van der Waals surface area (Å²) < 4.78 is 6.63. The van der Waals surface area contributed by atoms with E-state index in [-0.39, 0.29) is 29.7 Å². The lowest BCUT2D eigenvalue weighted by Gasteiger charge is -2.24. The average molecular weight is 415 g/mol. The summed E-state index contributed by atoms with van der Waals surface area (Å²) in [6, 6.07) is 2.40. The maximum absolute atomic E-state index is 13.0. The van der Waals surface area contributed by atoms with Crippen molar-refractivity contribution < 1.29 is 19.1 Å². The van der Waals surface area contributed by atoms with E-state index in [2.05, 4.69) is 15.6 Å². The lowest BCUT2D eigenvalue weighted by atomic mass is 10.0. The largest absolute Gasteiger partial charge is 0.469 e. The molecular weight excluding hydrogens is 386 g/mol. The molecule has 9 nitrogen and oxygen atoms in total. The Labute approximate surface area is 175 Å². The van der Waals surface area contributed by atoms with E-state index in [0.717, 1.165) is 12.1 Å². The van der Waals surface area contributed by atoms with Crippen LogP contribution in [0.25, 0.3) is 5.65 Å². The van der Waals surface area contributed by atoms with Gasteiger partial charge in [0.15, 0.2) is 0 Å². The van der Waals surface area contributed by atoms with Crippen molar-refractivity contribution >= 4 is 23.4 Å². The van der Waals surface area contributed by atoms with Gasteiger partial charge in [-0.15, -0.1) is 0 Å². The normalized spacial score (nSPS) is 19.4. The van der Waals surface area contributed by atoms with Crippen molar-refractivity contribution in [1.82, 2.24) is 20.0 Å². The summed E-state index contributed by atoms with van der Waals surface area (Å²) >= 11 is 0. The highest BCUT2D eigenvalue weighted by Crippen LogP contribution is 2.27. The number of aromatic nitrogens is 2. The van der Waals surface area contributed by atoms with Gasteiger partial charge in [0.1, 0.15) is 11.7 Å². The summed E-state index contributed by atoms with van der Waals surface area (Å²) in [7, 11) is 1.35. The van der Waals surface area contributed by atoms with Gasteiger partial charge in [-0.2, -0.15) is 0 Å². The Kier molecular flexibility index (Phi) is 7.04. The molecule has 2 aromatic rings. The van der Waals surface area contributed by atoms with Gasteiger partial charge in [0.05, 0.1) is 24.3 Å². The molecule has 0 aromatic carbocycles. The van der Waals surface area contributed by atoms with E-state index >= 15 is 0 Å². The van der Waals surface area contributed by atoms with Crippen LogP contribution in [0.3, 0.4) is 0 Å². The third kappa shape index (κ3) is 4.79. The van der Waals surface area contributed by atoms with Gasteiger partial charge >= 0.3 is 5.97 Å². The average Bonchev–Trinajstić information content (AvgIpc) is 3.35. The Morgan fingerprint density at radius 3 is 2.90 bits per heavy atom. The molecule has 1 saturated carbocycles. The third-order valence-corrected chi connectivity index (χ3v) is 5.51. The third-order valence-electron chi connectivity index (χ3n) is 5.51. The van der Waals surface area contributed by atoms with Crippen molar-refractivity contribution in [3.8, 4) is 0 Å². The Morgan fingerprint density at radius 2 is 2.17 bits per heavy atom. The van der Waals surface area contributed by atoms with E-state index < -0.39 is 6.04 Å². The molecule has 1 fully saturated rings. The fourth-order valence-corrected chi connectivity index (χ4v) is 3.99. The SMILES string of the molecule is COC(=O)C1CCCC1NC(=O)C(CCCN)NC(=O)c1cccn2cc(C)nc12. The summed E-state index contributed by atoms with van der Waals surface area (Å²) in [6.45, 7) is 2.26. The maximum Gasteiger partial charge on any atom is 0.310 e. The summed E-state index contributed by atoms with van der Waals surface area (Å²) in [5.41, 5.74) is 7.34. The number of hydrogen-bond acceptors (Lipinski definition) is 6. The molecule has 0 bridgehead atoms. The van der Waals surface area contributed by atoms with E-state index in [0.29, 0.717) is 43.4 Å². The number of imidazole rings is 1. The van der Waals surface area contributed by atoms with Gasteiger partial charge < -0.3 is 25.5 Å². The highest BCUT2D eigenvalue weighted by molar-refractivity contribution is 6.02. The number of amides is 2. The van der Waals surface area contributed by atoms with Crippen LogP contribution < -0.4 is 16.4 Å². The van der Waals surface area contributed by atoms with Crippen LogP contribution in [0.5, 0.6) is 0 Å². The number of carbonyl (C=O) groups excluding carboxylic acids is 3. The molecule has 3 atom stereocenters. The Hall–Kier alpha value is -2.94. The van der Waals surface area contributed by atoms with Gasteiger partial charge in [0.25, 0.3) is 5.91 Å². The monoisotopic (exact) mass is 415 g/mol. The number of hydrogen-bond donors (Lipinski definition) is 3. The van der Waals surface area contributed by atoms with Crippen LogP contribution in [0.2, 0.25) is 0 Å². The molecule has 2 amide bonds. The molecule has 162 valence electrons. The van der Waals surface area contributed by atoms with E-state index in [9.17, 15) is 14.4 Å². The zero-order valence-electron chi connectivity index (χ0n) is 17.4. The predicted molar refractivity (Wildman–Crippen MR) is 111 cm³/mol. The standard InChI is InChI=1S/C21H29N5O4/c1-13-12-26-11-5-7-15(18(26)23-13)19(27)25-17(9-4-10-22)20(28)24-16-8-3-6-14(16)21(29)30-2/h5,7,11-12,14,16-17H,3-4,6,8-10,22H2,1-2H3,(H,24,28)(H,25,27). The van der Waals surface area contributed by atoms with Gasteiger partial charge in [-0.1, -0.05) is 6.42 Å². The zero-order chi connectivity index (χ0) is 21.7. The molecule has 0 radical (unpaired) electrons. The first-order valence-electron chi connectivity index (χ1n) is 10.3. The van der Waals surface area contributed by atoms with Gasteiger partial charge in [-0.3, -0.25) is 14.4 Å². The molecule has 0 spiro atoms. The van der Waals surface area contributed by atoms with Gasteiger partial charge in [0.2, 0.25) is 5.91 Å². The Balaban J connectivity index is 1.74. The minimum Gasteiger partial charge on any atom is -0.469 e. The predicted octanol–water partition coefficient (Wildman–Crippen LogP) is 0.938. The molecular formula is C21H29N5O4. The van der Waals surface area contributed by atoms with Crippen LogP contribution >= 0.6 is 0 Å².